The van der Waals surface area contributed by atoms with Gasteiger partial charge < -0.3 is 24.3 Å². The third-order valence-electron chi connectivity index (χ3n) is 3.01. The molecule has 2 aliphatic rings. The molecule has 1 fully saturated rings. The highest BCUT2D eigenvalue weighted by Crippen LogP contribution is 2.43. The summed E-state index contributed by atoms with van der Waals surface area (Å²) in [6.07, 6.45) is 0.317. The van der Waals surface area contributed by atoms with E-state index in [1.54, 1.807) is 7.11 Å². The van der Waals surface area contributed by atoms with Crippen molar-refractivity contribution in [3.8, 4) is 17.2 Å². The van der Waals surface area contributed by atoms with Crippen LogP contribution in [0.25, 0.3) is 0 Å². The van der Waals surface area contributed by atoms with E-state index in [-0.39, 0.29) is 12.8 Å². The van der Waals surface area contributed by atoms with Gasteiger partial charge in [-0.15, -0.1) is 0 Å². The van der Waals surface area contributed by atoms with Crippen LogP contribution in [-0.4, -0.2) is 26.6 Å². The summed E-state index contributed by atoms with van der Waals surface area (Å²) in [4.78, 5) is 11.2. The van der Waals surface area contributed by atoms with E-state index in [9.17, 15) is 4.79 Å². The summed E-state index contributed by atoms with van der Waals surface area (Å²) in [6.45, 7) is 0.600. The lowest BCUT2D eigenvalue weighted by Gasteiger charge is -2.24. The minimum Gasteiger partial charge on any atom is -0.493 e. The number of alkyl carbamates (subject to hydrolysis) is 1. The van der Waals surface area contributed by atoms with E-state index in [0.717, 1.165) is 5.56 Å². The second-order valence-electron chi connectivity index (χ2n) is 4.08. The zero-order valence-corrected chi connectivity index (χ0v) is 9.89. The lowest BCUT2D eigenvalue weighted by molar-refractivity contribution is 0.115. The second kappa shape index (κ2) is 4.29. The summed E-state index contributed by atoms with van der Waals surface area (Å²) in [6, 6.07) is 3.62. The molecule has 0 unspecified atom stereocenters. The van der Waals surface area contributed by atoms with Crippen LogP contribution in [0.4, 0.5) is 4.79 Å². The fourth-order valence-corrected chi connectivity index (χ4v) is 2.13. The van der Waals surface area contributed by atoms with Gasteiger partial charge in [-0.2, -0.15) is 0 Å². The van der Waals surface area contributed by atoms with Gasteiger partial charge in [-0.1, -0.05) is 0 Å². The van der Waals surface area contributed by atoms with Gasteiger partial charge in [-0.3, -0.25) is 0 Å². The molecule has 2 aliphatic heterocycles. The van der Waals surface area contributed by atoms with Crippen LogP contribution < -0.4 is 19.5 Å². The van der Waals surface area contributed by atoms with Crippen LogP contribution in [0.3, 0.4) is 0 Å². The zero-order chi connectivity index (χ0) is 12.5. The highest BCUT2D eigenvalue weighted by Gasteiger charge is 2.26. The van der Waals surface area contributed by atoms with Gasteiger partial charge in [0.1, 0.15) is 0 Å². The Morgan fingerprint density at radius 3 is 3.00 bits per heavy atom. The van der Waals surface area contributed by atoms with Crippen LogP contribution in [0.15, 0.2) is 12.1 Å². The normalized spacial score (nSPS) is 21.2. The molecule has 1 aromatic carbocycles. The Morgan fingerprint density at radius 1 is 1.33 bits per heavy atom. The average Bonchev–Trinajstić information content (AvgIpc) is 2.85. The van der Waals surface area contributed by atoms with E-state index in [2.05, 4.69) is 5.32 Å². The molecule has 6 heteroatoms. The van der Waals surface area contributed by atoms with E-state index in [1.165, 1.54) is 0 Å². The molecule has 1 amide bonds. The molecule has 0 saturated carbocycles. The SMILES string of the molecule is COc1cc([C@H]2CCOC(=O)N2)cc2c1OCO2. The minimum absolute atomic E-state index is 0.0883. The first-order valence-electron chi connectivity index (χ1n) is 5.69. The third kappa shape index (κ3) is 1.79. The number of methoxy groups -OCH3 is 1. The number of nitrogens with one attached hydrogen (secondary N) is 1. The first-order valence-corrected chi connectivity index (χ1v) is 5.69. The number of hydrogen-bond donors (Lipinski definition) is 1. The molecular weight excluding hydrogens is 238 g/mol. The lowest BCUT2D eigenvalue weighted by atomic mass is 10.0. The first-order chi connectivity index (χ1) is 8.78. The van der Waals surface area contributed by atoms with Crippen molar-refractivity contribution in [3.63, 3.8) is 0 Å². The number of amides is 1. The Labute approximate surface area is 104 Å². The maximum atomic E-state index is 11.2. The van der Waals surface area contributed by atoms with Gasteiger partial charge in [0, 0.05) is 6.42 Å². The molecule has 1 N–H and O–H groups in total. The number of hydrogen-bond acceptors (Lipinski definition) is 5. The zero-order valence-electron chi connectivity index (χ0n) is 9.89. The lowest BCUT2D eigenvalue weighted by Crippen LogP contribution is -2.35. The molecule has 0 bridgehead atoms. The molecule has 0 spiro atoms. The van der Waals surface area contributed by atoms with Crippen molar-refractivity contribution in [3.05, 3.63) is 17.7 Å². The summed E-state index contributed by atoms with van der Waals surface area (Å²) in [5.74, 6) is 1.87. The Morgan fingerprint density at radius 2 is 2.22 bits per heavy atom. The van der Waals surface area contributed by atoms with Crippen LogP contribution >= 0.6 is 0 Å². The summed E-state index contributed by atoms with van der Waals surface area (Å²) in [7, 11) is 1.57. The summed E-state index contributed by atoms with van der Waals surface area (Å²) in [5, 5.41) is 2.76. The van der Waals surface area contributed by atoms with Crippen molar-refractivity contribution in [2.45, 2.75) is 12.5 Å². The Kier molecular flexibility index (Phi) is 2.62. The van der Waals surface area contributed by atoms with Crippen LogP contribution in [0.1, 0.15) is 18.0 Å². The molecule has 1 atom stereocenters. The van der Waals surface area contributed by atoms with Crippen molar-refractivity contribution in [2.75, 3.05) is 20.5 Å². The van der Waals surface area contributed by atoms with Gasteiger partial charge in [-0.05, 0) is 17.7 Å². The highest BCUT2D eigenvalue weighted by molar-refractivity contribution is 5.69. The quantitative estimate of drug-likeness (QED) is 0.864. The third-order valence-corrected chi connectivity index (χ3v) is 3.01. The predicted octanol–water partition coefficient (Wildman–Crippen LogP) is 1.59. The van der Waals surface area contributed by atoms with E-state index in [4.69, 9.17) is 18.9 Å². The van der Waals surface area contributed by atoms with E-state index >= 15 is 0 Å². The van der Waals surface area contributed by atoms with Crippen LogP contribution in [0.2, 0.25) is 0 Å². The molecular formula is C12H13NO5. The molecule has 18 heavy (non-hydrogen) atoms. The first kappa shape index (κ1) is 11.0. The van der Waals surface area contributed by atoms with Crippen molar-refractivity contribution in [2.24, 2.45) is 0 Å². The Hall–Kier alpha value is -2.11. The van der Waals surface area contributed by atoms with Crippen LogP contribution in [0, 0.1) is 0 Å². The molecule has 2 heterocycles. The topological polar surface area (TPSA) is 66.0 Å². The molecule has 0 aliphatic carbocycles. The number of carbonyl (C=O) groups is 1. The Balaban J connectivity index is 1.94. The van der Waals surface area contributed by atoms with Crippen molar-refractivity contribution >= 4 is 6.09 Å². The maximum absolute atomic E-state index is 11.2. The van der Waals surface area contributed by atoms with Gasteiger partial charge in [0.25, 0.3) is 0 Å². The number of benzene rings is 1. The number of cyclic esters (lactones) is 1. The molecule has 1 saturated heterocycles. The van der Waals surface area contributed by atoms with Crippen LogP contribution in [-0.2, 0) is 4.74 Å². The van der Waals surface area contributed by atoms with Crippen LogP contribution in [0.5, 0.6) is 17.2 Å². The fourth-order valence-electron chi connectivity index (χ4n) is 2.13. The fraction of sp³-hybridized carbons (Fsp3) is 0.417. The highest BCUT2D eigenvalue weighted by atomic mass is 16.7. The van der Waals surface area contributed by atoms with Crippen molar-refractivity contribution in [1.29, 1.82) is 0 Å². The van der Waals surface area contributed by atoms with Gasteiger partial charge in [0.05, 0.1) is 19.8 Å². The number of ether oxygens (including phenoxy) is 4. The Bertz CT molecular complexity index is 488. The predicted molar refractivity (Wildman–Crippen MR) is 61.0 cm³/mol. The van der Waals surface area contributed by atoms with E-state index in [1.807, 2.05) is 12.1 Å². The minimum atomic E-state index is -0.400. The molecule has 96 valence electrons. The number of carbonyl (C=O) groups excluding carboxylic acids is 1. The number of fused-ring (bicyclic) bond motifs is 1. The van der Waals surface area contributed by atoms with Crippen molar-refractivity contribution in [1.82, 2.24) is 5.32 Å². The van der Waals surface area contributed by atoms with Gasteiger partial charge in [0.15, 0.2) is 11.5 Å². The average molecular weight is 251 g/mol. The summed E-state index contributed by atoms with van der Waals surface area (Å²) in [5.41, 5.74) is 0.924. The van der Waals surface area contributed by atoms with E-state index < -0.39 is 6.09 Å². The van der Waals surface area contributed by atoms with Crippen molar-refractivity contribution < 1.29 is 23.7 Å². The summed E-state index contributed by atoms with van der Waals surface area (Å²) < 4.78 is 20.8. The molecule has 3 rings (SSSR count). The molecule has 6 nitrogen and oxygen atoms in total. The molecule has 1 aromatic rings. The number of rotatable bonds is 2. The van der Waals surface area contributed by atoms with E-state index in [0.29, 0.717) is 30.3 Å². The smallest absolute Gasteiger partial charge is 0.407 e. The molecule has 0 radical (unpaired) electrons. The summed E-state index contributed by atoms with van der Waals surface area (Å²) >= 11 is 0. The molecule has 0 aromatic heterocycles. The maximum Gasteiger partial charge on any atom is 0.407 e. The van der Waals surface area contributed by atoms with Gasteiger partial charge >= 0.3 is 6.09 Å². The van der Waals surface area contributed by atoms with Gasteiger partial charge in [0.2, 0.25) is 12.5 Å². The monoisotopic (exact) mass is 251 g/mol. The van der Waals surface area contributed by atoms with Gasteiger partial charge in [-0.25, -0.2) is 4.79 Å². The largest absolute Gasteiger partial charge is 0.493 e. The second-order valence-corrected chi connectivity index (χ2v) is 4.08. The standard InChI is InChI=1S/C12H13NO5/c1-15-9-4-7(5-10-11(9)18-6-17-10)8-2-3-16-12(14)13-8/h4-5,8H,2-3,6H2,1H3,(H,13,14)/t8-/m1/s1.